The maximum Gasteiger partial charge on any atom is 0.329 e. The number of alkyl halides is 2. The molecule has 18 heavy (non-hydrogen) atoms. The van der Waals surface area contributed by atoms with Gasteiger partial charge in [-0.1, -0.05) is 11.6 Å². The van der Waals surface area contributed by atoms with E-state index in [1.54, 1.807) is 13.8 Å². The lowest BCUT2D eigenvalue weighted by molar-refractivity contribution is -0.147. The van der Waals surface area contributed by atoms with Crippen molar-refractivity contribution in [3.8, 4) is 0 Å². The molecule has 6 heteroatoms. The smallest absolute Gasteiger partial charge is 0.329 e. The molecule has 1 rings (SSSR count). The highest BCUT2D eigenvalue weighted by Crippen LogP contribution is 2.35. The summed E-state index contributed by atoms with van der Waals surface area (Å²) in [5, 5.41) is 8.27. The SMILES string of the molecule is Cc1cc(Cl)c(C(F)(F)COCC(=O)O)cc1C. The summed E-state index contributed by atoms with van der Waals surface area (Å²) >= 11 is 5.78. The zero-order valence-corrected chi connectivity index (χ0v) is 10.7. The monoisotopic (exact) mass is 278 g/mol. The average Bonchev–Trinajstić information content (AvgIpc) is 2.22. The molecule has 1 aromatic carbocycles. The van der Waals surface area contributed by atoms with Gasteiger partial charge in [-0.3, -0.25) is 0 Å². The Kier molecular flexibility index (Phi) is 4.65. The summed E-state index contributed by atoms with van der Waals surface area (Å²) < 4.78 is 32.0. The van der Waals surface area contributed by atoms with Crippen LogP contribution in [0.5, 0.6) is 0 Å². The van der Waals surface area contributed by atoms with Gasteiger partial charge in [0.1, 0.15) is 13.2 Å². The maximum atomic E-state index is 13.8. The fourth-order valence-corrected chi connectivity index (χ4v) is 1.76. The van der Waals surface area contributed by atoms with Gasteiger partial charge in [-0.25, -0.2) is 4.79 Å². The predicted molar refractivity (Wildman–Crippen MR) is 63.3 cm³/mol. The van der Waals surface area contributed by atoms with Crippen molar-refractivity contribution in [2.24, 2.45) is 0 Å². The fourth-order valence-electron chi connectivity index (χ4n) is 1.41. The summed E-state index contributed by atoms with van der Waals surface area (Å²) in [4.78, 5) is 10.2. The van der Waals surface area contributed by atoms with Crippen LogP contribution in [0.25, 0.3) is 0 Å². The molecule has 0 aromatic heterocycles. The van der Waals surface area contributed by atoms with Crippen molar-refractivity contribution in [1.82, 2.24) is 0 Å². The van der Waals surface area contributed by atoms with Crippen molar-refractivity contribution in [2.45, 2.75) is 19.8 Å². The highest BCUT2D eigenvalue weighted by atomic mass is 35.5. The van der Waals surface area contributed by atoms with E-state index in [1.165, 1.54) is 12.1 Å². The molecular formula is C12H13ClF2O3. The molecule has 0 saturated carbocycles. The van der Waals surface area contributed by atoms with Crippen molar-refractivity contribution in [2.75, 3.05) is 13.2 Å². The summed E-state index contributed by atoms with van der Waals surface area (Å²) in [7, 11) is 0. The summed E-state index contributed by atoms with van der Waals surface area (Å²) in [6.07, 6.45) is 0. The number of hydrogen-bond acceptors (Lipinski definition) is 2. The minimum absolute atomic E-state index is 0.0537. The van der Waals surface area contributed by atoms with Gasteiger partial charge in [0, 0.05) is 5.56 Å². The lowest BCUT2D eigenvalue weighted by Crippen LogP contribution is -2.24. The number of halogens is 3. The van der Waals surface area contributed by atoms with E-state index in [0.29, 0.717) is 5.56 Å². The van der Waals surface area contributed by atoms with Gasteiger partial charge in [0.25, 0.3) is 5.92 Å². The van der Waals surface area contributed by atoms with Crippen molar-refractivity contribution in [1.29, 1.82) is 0 Å². The first kappa shape index (κ1) is 14.9. The molecule has 0 aliphatic heterocycles. The van der Waals surface area contributed by atoms with Crippen LogP contribution >= 0.6 is 11.6 Å². The second kappa shape index (κ2) is 5.63. The van der Waals surface area contributed by atoms with Gasteiger partial charge in [-0.2, -0.15) is 8.78 Å². The Balaban J connectivity index is 2.90. The molecule has 0 amide bonds. The average molecular weight is 279 g/mol. The molecule has 0 bridgehead atoms. The van der Waals surface area contributed by atoms with Crippen LogP contribution in [0.15, 0.2) is 12.1 Å². The molecule has 0 spiro atoms. The molecule has 1 N–H and O–H groups in total. The molecule has 0 unspecified atom stereocenters. The fraction of sp³-hybridized carbons (Fsp3) is 0.417. The molecule has 0 fully saturated rings. The van der Waals surface area contributed by atoms with E-state index in [9.17, 15) is 13.6 Å². The molecule has 1 aromatic rings. The Morgan fingerprint density at radius 2 is 1.94 bits per heavy atom. The lowest BCUT2D eigenvalue weighted by Gasteiger charge is -2.19. The molecule has 100 valence electrons. The Morgan fingerprint density at radius 3 is 2.50 bits per heavy atom. The van der Waals surface area contributed by atoms with Gasteiger partial charge in [-0.05, 0) is 37.1 Å². The molecule has 0 aliphatic rings. The first-order valence-corrected chi connectivity index (χ1v) is 5.56. The number of rotatable bonds is 5. The summed E-state index contributed by atoms with van der Waals surface area (Å²) in [5.41, 5.74) is 1.15. The Labute approximate surface area is 108 Å². The van der Waals surface area contributed by atoms with E-state index >= 15 is 0 Å². The molecule has 3 nitrogen and oxygen atoms in total. The number of carboxylic acid groups (broad SMARTS) is 1. The zero-order chi connectivity index (χ0) is 13.9. The van der Waals surface area contributed by atoms with Gasteiger partial charge in [0.15, 0.2) is 0 Å². The third-order valence-electron chi connectivity index (χ3n) is 2.49. The molecular weight excluding hydrogens is 266 g/mol. The van der Waals surface area contributed by atoms with Crippen LogP contribution in [0.3, 0.4) is 0 Å². The first-order valence-electron chi connectivity index (χ1n) is 5.18. The van der Waals surface area contributed by atoms with Crippen LogP contribution in [-0.4, -0.2) is 24.3 Å². The number of hydrogen-bond donors (Lipinski definition) is 1. The second-order valence-corrected chi connectivity index (χ2v) is 4.41. The molecule has 0 atom stereocenters. The highest BCUT2D eigenvalue weighted by molar-refractivity contribution is 6.31. The Bertz CT molecular complexity index is 461. The van der Waals surface area contributed by atoms with E-state index in [4.69, 9.17) is 16.7 Å². The van der Waals surface area contributed by atoms with Gasteiger partial charge in [0.2, 0.25) is 0 Å². The van der Waals surface area contributed by atoms with E-state index in [1.807, 2.05) is 0 Å². The van der Waals surface area contributed by atoms with Crippen LogP contribution < -0.4 is 0 Å². The maximum absolute atomic E-state index is 13.8. The Hall–Kier alpha value is -1.20. The summed E-state index contributed by atoms with van der Waals surface area (Å²) in [5.74, 6) is -4.61. The van der Waals surface area contributed by atoms with Crippen molar-refractivity contribution < 1.29 is 23.4 Å². The largest absolute Gasteiger partial charge is 0.480 e. The summed E-state index contributed by atoms with van der Waals surface area (Å²) in [6.45, 7) is 1.69. The van der Waals surface area contributed by atoms with Crippen LogP contribution in [0.2, 0.25) is 5.02 Å². The van der Waals surface area contributed by atoms with Gasteiger partial charge < -0.3 is 9.84 Å². The standard InChI is InChI=1S/C12H13ClF2O3/c1-7-3-9(10(13)4-8(7)2)12(14,15)6-18-5-11(16)17/h3-4H,5-6H2,1-2H3,(H,16,17). The second-order valence-electron chi connectivity index (χ2n) is 4.01. The molecule has 0 radical (unpaired) electrons. The number of benzene rings is 1. The van der Waals surface area contributed by atoms with Gasteiger partial charge in [-0.15, -0.1) is 0 Å². The molecule has 0 aliphatic carbocycles. The number of aryl methyl sites for hydroxylation is 2. The van der Waals surface area contributed by atoms with Crippen LogP contribution in [0, 0.1) is 13.8 Å². The predicted octanol–water partition coefficient (Wildman–Crippen LogP) is 3.15. The van der Waals surface area contributed by atoms with E-state index in [-0.39, 0.29) is 10.6 Å². The number of ether oxygens (including phenoxy) is 1. The van der Waals surface area contributed by atoms with E-state index < -0.39 is 25.1 Å². The van der Waals surface area contributed by atoms with Crippen LogP contribution in [0.1, 0.15) is 16.7 Å². The lowest BCUT2D eigenvalue weighted by atomic mass is 10.0. The molecule has 0 heterocycles. The number of carboxylic acids is 1. The van der Waals surface area contributed by atoms with Crippen molar-refractivity contribution in [3.63, 3.8) is 0 Å². The third kappa shape index (κ3) is 3.65. The minimum atomic E-state index is -3.31. The number of aliphatic carboxylic acids is 1. The van der Waals surface area contributed by atoms with E-state index in [0.717, 1.165) is 5.56 Å². The quantitative estimate of drug-likeness (QED) is 0.900. The normalized spacial score (nSPS) is 11.6. The molecule has 0 saturated heterocycles. The first-order chi connectivity index (χ1) is 8.24. The van der Waals surface area contributed by atoms with Crippen molar-refractivity contribution in [3.05, 3.63) is 33.8 Å². The summed E-state index contributed by atoms with van der Waals surface area (Å²) in [6, 6.07) is 2.75. The minimum Gasteiger partial charge on any atom is -0.480 e. The zero-order valence-electron chi connectivity index (χ0n) is 9.97. The highest BCUT2D eigenvalue weighted by Gasteiger charge is 2.34. The van der Waals surface area contributed by atoms with Gasteiger partial charge >= 0.3 is 5.97 Å². The number of carbonyl (C=O) groups is 1. The third-order valence-corrected chi connectivity index (χ3v) is 2.80. The van der Waals surface area contributed by atoms with Gasteiger partial charge in [0.05, 0.1) is 5.02 Å². The van der Waals surface area contributed by atoms with Crippen molar-refractivity contribution >= 4 is 17.6 Å². The Morgan fingerprint density at radius 1 is 1.39 bits per heavy atom. The van der Waals surface area contributed by atoms with Crippen LogP contribution in [-0.2, 0) is 15.5 Å². The topological polar surface area (TPSA) is 46.5 Å². The van der Waals surface area contributed by atoms with E-state index in [2.05, 4.69) is 4.74 Å². The van der Waals surface area contributed by atoms with Crippen LogP contribution in [0.4, 0.5) is 8.78 Å².